The zero-order valence-electron chi connectivity index (χ0n) is 16.2. The molecule has 0 saturated carbocycles. The maximum absolute atomic E-state index is 13.1. The number of nitrogens with one attached hydrogen (secondary N) is 1. The first kappa shape index (κ1) is 21.3. The van der Waals surface area contributed by atoms with Crippen molar-refractivity contribution in [3.05, 3.63) is 58.6 Å². The minimum atomic E-state index is -3.73. The van der Waals surface area contributed by atoms with Gasteiger partial charge < -0.3 is 5.32 Å². The van der Waals surface area contributed by atoms with Crippen LogP contribution in [0.15, 0.2) is 47.4 Å². The van der Waals surface area contributed by atoms with Crippen LogP contribution in [-0.4, -0.2) is 31.7 Å². The SMILES string of the molecule is C[C@H]1C[C@H](C)CN(S(=O)(=O)c2ccc(Cl)c(C(=O)Nc3cccc(C#N)c3)c2)C1. The predicted molar refractivity (Wildman–Crippen MR) is 112 cm³/mol. The molecule has 2 aromatic carbocycles. The van der Waals surface area contributed by atoms with Crippen molar-refractivity contribution in [2.24, 2.45) is 11.8 Å². The number of hydrogen-bond donors (Lipinski definition) is 1. The van der Waals surface area contributed by atoms with Crippen molar-refractivity contribution in [3.8, 4) is 6.07 Å². The van der Waals surface area contributed by atoms with E-state index < -0.39 is 15.9 Å². The molecular weight excluding hydrogens is 410 g/mol. The lowest BCUT2D eigenvalue weighted by molar-refractivity contribution is 0.102. The van der Waals surface area contributed by atoms with Gasteiger partial charge in [-0.2, -0.15) is 9.57 Å². The number of benzene rings is 2. The molecule has 3 rings (SSSR count). The fourth-order valence-electron chi connectivity index (χ4n) is 3.65. The quantitative estimate of drug-likeness (QED) is 0.787. The number of piperidine rings is 1. The number of carbonyl (C=O) groups is 1. The van der Waals surface area contributed by atoms with Gasteiger partial charge in [-0.1, -0.05) is 31.5 Å². The molecule has 2 atom stereocenters. The van der Waals surface area contributed by atoms with Crippen LogP contribution in [0, 0.1) is 23.2 Å². The van der Waals surface area contributed by atoms with Crippen molar-refractivity contribution < 1.29 is 13.2 Å². The number of nitriles is 1. The standard InChI is InChI=1S/C21H22ClN3O3S/c1-14-8-15(2)13-25(12-14)29(27,28)18-6-7-20(22)19(10-18)21(26)24-17-5-3-4-16(9-17)11-23/h3-7,9-10,14-15H,8,12-13H2,1-2H3,(H,24,26)/t14-,15-/m0/s1. The smallest absolute Gasteiger partial charge is 0.257 e. The molecule has 2 aromatic rings. The van der Waals surface area contributed by atoms with Crippen molar-refractivity contribution >= 4 is 33.2 Å². The Morgan fingerprint density at radius 2 is 1.86 bits per heavy atom. The topological polar surface area (TPSA) is 90.3 Å². The van der Waals surface area contributed by atoms with Gasteiger partial charge in [-0.05, 0) is 54.7 Å². The number of hydrogen-bond acceptors (Lipinski definition) is 4. The highest BCUT2D eigenvalue weighted by atomic mass is 35.5. The Hall–Kier alpha value is -2.40. The molecule has 0 spiro atoms. The van der Waals surface area contributed by atoms with Crippen LogP contribution in [0.4, 0.5) is 5.69 Å². The highest BCUT2D eigenvalue weighted by Crippen LogP contribution is 2.29. The van der Waals surface area contributed by atoms with Crippen LogP contribution >= 0.6 is 11.6 Å². The molecule has 1 aliphatic heterocycles. The van der Waals surface area contributed by atoms with Crippen molar-refractivity contribution in [1.82, 2.24) is 4.31 Å². The van der Waals surface area contributed by atoms with Crippen molar-refractivity contribution in [1.29, 1.82) is 5.26 Å². The zero-order chi connectivity index (χ0) is 21.2. The van der Waals surface area contributed by atoms with Crippen molar-refractivity contribution in [3.63, 3.8) is 0 Å². The van der Waals surface area contributed by atoms with Crippen LogP contribution in [0.1, 0.15) is 36.2 Å². The van der Waals surface area contributed by atoms with E-state index in [4.69, 9.17) is 16.9 Å². The predicted octanol–water partition coefficient (Wildman–Crippen LogP) is 4.13. The molecular formula is C21H22ClN3O3S. The van der Waals surface area contributed by atoms with Crippen LogP contribution < -0.4 is 5.32 Å². The molecule has 29 heavy (non-hydrogen) atoms. The van der Waals surface area contributed by atoms with Gasteiger partial charge in [0, 0.05) is 18.8 Å². The number of amides is 1. The molecule has 1 saturated heterocycles. The normalized spacial score (nSPS) is 20.1. The molecule has 6 nitrogen and oxygen atoms in total. The summed E-state index contributed by atoms with van der Waals surface area (Å²) in [6.45, 7) is 4.98. The van der Waals surface area contributed by atoms with E-state index in [1.807, 2.05) is 19.9 Å². The molecule has 8 heteroatoms. The Kier molecular flexibility index (Phi) is 6.27. The lowest BCUT2D eigenvalue weighted by Crippen LogP contribution is -2.42. The van der Waals surface area contributed by atoms with E-state index in [0.29, 0.717) is 24.3 Å². The molecule has 152 valence electrons. The lowest BCUT2D eigenvalue weighted by atomic mass is 9.94. The minimum Gasteiger partial charge on any atom is -0.322 e. The van der Waals surface area contributed by atoms with Crippen molar-refractivity contribution in [2.75, 3.05) is 18.4 Å². The Labute approximate surface area is 176 Å². The molecule has 1 fully saturated rings. The fraction of sp³-hybridized carbons (Fsp3) is 0.333. The van der Waals surface area contributed by atoms with Gasteiger partial charge in [0.2, 0.25) is 10.0 Å². The van der Waals surface area contributed by atoms with E-state index in [1.165, 1.54) is 28.6 Å². The first-order valence-electron chi connectivity index (χ1n) is 9.32. The summed E-state index contributed by atoms with van der Waals surface area (Å²) in [5.41, 5.74) is 0.892. The summed E-state index contributed by atoms with van der Waals surface area (Å²) < 4.78 is 27.7. The molecule has 0 aliphatic carbocycles. The molecule has 0 radical (unpaired) electrons. The first-order chi connectivity index (χ1) is 13.7. The second-order valence-corrected chi connectivity index (χ2v) is 9.90. The largest absolute Gasteiger partial charge is 0.322 e. The van der Waals surface area contributed by atoms with Gasteiger partial charge in [0.15, 0.2) is 0 Å². The number of halogens is 1. The van der Waals surface area contributed by atoms with Crippen LogP contribution in [-0.2, 0) is 10.0 Å². The average molecular weight is 432 g/mol. The average Bonchev–Trinajstić information content (AvgIpc) is 2.67. The van der Waals surface area contributed by atoms with E-state index >= 15 is 0 Å². The summed E-state index contributed by atoms with van der Waals surface area (Å²) in [5.74, 6) is 0.00882. The van der Waals surface area contributed by atoms with Gasteiger partial charge in [0.05, 0.1) is 27.1 Å². The minimum absolute atomic E-state index is 0.0409. The number of nitrogens with zero attached hydrogens (tertiary/aromatic N) is 2. The fourth-order valence-corrected chi connectivity index (χ4v) is 5.56. The van der Waals surface area contributed by atoms with Crippen LogP contribution in [0.25, 0.3) is 0 Å². The third-order valence-corrected chi connectivity index (χ3v) is 7.06. The van der Waals surface area contributed by atoms with E-state index in [2.05, 4.69) is 5.32 Å². The monoisotopic (exact) mass is 431 g/mol. The highest BCUT2D eigenvalue weighted by Gasteiger charge is 2.32. The highest BCUT2D eigenvalue weighted by molar-refractivity contribution is 7.89. The summed E-state index contributed by atoms with van der Waals surface area (Å²) >= 11 is 6.18. The third kappa shape index (κ3) is 4.78. The van der Waals surface area contributed by atoms with E-state index in [0.717, 1.165) is 6.42 Å². The summed E-state index contributed by atoms with van der Waals surface area (Å²) in [5, 5.41) is 11.8. The zero-order valence-corrected chi connectivity index (χ0v) is 17.8. The Morgan fingerprint density at radius 3 is 2.52 bits per heavy atom. The molecule has 0 unspecified atom stereocenters. The third-order valence-electron chi connectivity index (χ3n) is 4.91. The summed E-state index contributed by atoms with van der Waals surface area (Å²) in [4.78, 5) is 12.7. The summed E-state index contributed by atoms with van der Waals surface area (Å²) in [6, 6.07) is 12.6. The van der Waals surface area contributed by atoms with Gasteiger partial charge in [0.25, 0.3) is 5.91 Å². The molecule has 1 heterocycles. The van der Waals surface area contributed by atoms with Crippen LogP contribution in [0.3, 0.4) is 0 Å². The van der Waals surface area contributed by atoms with Crippen LogP contribution in [0.5, 0.6) is 0 Å². The molecule has 1 aliphatic rings. The second kappa shape index (κ2) is 8.54. The van der Waals surface area contributed by atoms with Gasteiger partial charge >= 0.3 is 0 Å². The lowest BCUT2D eigenvalue weighted by Gasteiger charge is -2.34. The second-order valence-electron chi connectivity index (χ2n) is 7.56. The van der Waals surface area contributed by atoms with E-state index in [-0.39, 0.29) is 27.3 Å². The Bertz CT molecular complexity index is 1070. The maximum Gasteiger partial charge on any atom is 0.257 e. The van der Waals surface area contributed by atoms with Gasteiger partial charge in [-0.3, -0.25) is 4.79 Å². The maximum atomic E-state index is 13.1. The van der Waals surface area contributed by atoms with E-state index in [1.54, 1.807) is 18.2 Å². The Morgan fingerprint density at radius 1 is 1.17 bits per heavy atom. The molecule has 0 aromatic heterocycles. The summed E-state index contributed by atoms with van der Waals surface area (Å²) in [7, 11) is -3.73. The Balaban J connectivity index is 1.89. The van der Waals surface area contributed by atoms with Gasteiger partial charge in [0.1, 0.15) is 0 Å². The number of carbonyl (C=O) groups excluding carboxylic acids is 1. The number of sulfonamides is 1. The number of anilines is 1. The van der Waals surface area contributed by atoms with Crippen molar-refractivity contribution in [2.45, 2.75) is 25.2 Å². The first-order valence-corrected chi connectivity index (χ1v) is 11.1. The van der Waals surface area contributed by atoms with Crippen LogP contribution in [0.2, 0.25) is 5.02 Å². The summed E-state index contributed by atoms with van der Waals surface area (Å²) in [6.07, 6.45) is 0.988. The molecule has 1 amide bonds. The molecule has 0 bridgehead atoms. The van der Waals surface area contributed by atoms with E-state index in [9.17, 15) is 13.2 Å². The van der Waals surface area contributed by atoms with Gasteiger partial charge in [-0.15, -0.1) is 0 Å². The van der Waals surface area contributed by atoms with Gasteiger partial charge in [-0.25, -0.2) is 8.42 Å². The molecule has 1 N–H and O–H groups in total. The number of rotatable bonds is 4.